The highest BCUT2D eigenvalue weighted by molar-refractivity contribution is 7.87. The van der Waals surface area contributed by atoms with Gasteiger partial charge in [0.2, 0.25) is 0 Å². The van der Waals surface area contributed by atoms with Crippen LogP contribution in [0.3, 0.4) is 0 Å². The van der Waals surface area contributed by atoms with E-state index in [4.69, 9.17) is 28.3 Å². The molecular weight excluding hydrogens is 540 g/mol. The number of nitrogens with zero attached hydrogens (tertiary/aromatic N) is 2. The Kier molecular flexibility index (Phi) is 9.57. The highest BCUT2D eigenvalue weighted by Gasteiger charge is 2.48. The molecule has 2 aliphatic rings. The van der Waals surface area contributed by atoms with Crippen LogP contribution in [0.4, 0.5) is 0 Å². The second-order valence-corrected chi connectivity index (χ2v) is 10.3. The highest BCUT2D eigenvalue weighted by atomic mass is 32.2. The van der Waals surface area contributed by atoms with E-state index >= 15 is 0 Å². The Morgan fingerprint density at radius 1 is 0.694 bits per heavy atom. The smallest absolute Gasteiger partial charge is 0.308 e. The van der Waals surface area contributed by atoms with E-state index in [1.807, 2.05) is 0 Å². The van der Waals surface area contributed by atoms with E-state index in [0.717, 1.165) is 0 Å². The van der Waals surface area contributed by atoms with Crippen molar-refractivity contribution >= 4 is 55.8 Å². The quantitative estimate of drug-likeness (QED) is 0.0970. The van der Waals surface area contributed by atoms with Gasteiger partial charge in [0.15, 0.2) is 10.5 Å². The van der Waals surface area contributed by atoms with Crippen LogP contribution in [0, 0.1) is 0 Å². The molecular formula is C16H20N2O16S2. The predicted molar refractivity (Wildman–Crippen MR) is 107 cm³/mol. The number of amides is 4. The number of ether oxygens (including phenoxy) is 2. The maximum atomic E-state index is 11.7. The summed E-state index contributed by atoms with van der Waals surface area (Å²) in [5.41, 5.74) is 0. The van der Waals surface area contributed by atoms with Crippen LogP contribution >= 0.6 is 0 Å². The lowest BCUT2D eigenvalue weighted by Gasteiger charge is -2.14. The van der Waals surface area contributed by atoms with Crippen LogP contribution in [0.2, 0.25) is 0 Å². The van der Waals surface area contributed by atoms with Gasteiger partial charge in [0.1, 0.15) is 13.2 Å². The second-order valence-electron chi connectivity index (χ2n) is 7.08. The van der Waals surface area contributed by atoms with Crippen LogP contribution in [-0.4, -0.2) is 109 Å². The van der Waals surface area contributed by atoms with Gasteiger partial charge in [-0.1, -0.05) is 0 Å². The van der Waals surface area contributed by atoms with E-state index in [0.29, 0.717) is 0 Å². The molecule has 0 radical (unpaired) electrons. The van der Waals surface area contributed by atoms with Gasteiger partial charge < -0.3 is 9.47 Å². The number of hydrogen-bond donors (Lipinski definition) is 2. The van der Waals surface area contributed by atoms with Crippen molar-refractivity contribution < 1.29 is 73.9 Å². The lowest BCUT2D eigenvalue weighted by atomic mass is 10.4. The summed E-state index contributed by atoms with van der Waals surface area (Å²) in [4.78, 5) is 79.4. The molecule has 2 rings (SSSR count). The predicted octanol–water partition coefficient (Wildman–Crippen LogP) is -3.25. The molecule has 0 aromatic heterocycles. The summed E-state index contributed by atoms with van der Waals surface area (Å²) in [6.07, 6.45) is -2.57. The van der Waals surface area contributed by atoms with Crippen LogP contribution in [0.15, 0.2) is 0 Å². The fourth-order valence-corrected chi connectivity index (χ4v) is 4.21. The van der Waals surface area contributed by atoms with Crippen molar-refractivity contribution in [3.63, 3.8) is 0 Å². The summed E-state index contributed by atoms with van der Waals surface area (Å²) in [5.74, 6) is -6.43. The van der Waals surface area contributed by atoms with Crippen LogP contribution in [-0.2, 0) is 68.2 Å². The fraction of sp³-hybridized carbons (Fsp3) is 0.625. The molecule has 202 valence electrons. The Balaban J connectivity index is 1.59. The lowest BCUT2D eigenvalue weighted by Crippen LogP contribution is -2.35. The van der Waals surface area contributed by atoms with Crippen molar-refractivity contribution in [2.75, 3.05) is 26.4 Å². The molecule has 4 amide bonds. The third-order valence-corrected chi connectivity index (χ3v) is 6.68. The molecule has 2 aliphatic heterocycles. The number of imide groups is 2. The van der Waals surface area contributed by atoms with E-state index in [1.54, 1.807) is 0 Å². The first-order valence-electron chi connectivity index (χ1n) is 9.86. The van der Waals surface area contributed by atoms with Gasteiger partial charge in [-0.25, -0.2) is 0 Å². The summed E-state index contributed by atoms with van der Waals surface area (Å²) in [5, 5.41) is -3.72. The molecule has 2 saturated heterocycles. The van der Waals surface area contributed by atoms with Crippen LogP contribution in [0.25, 0.3) is 0 Å². The fourth-order valence-electron chi connectivity index (χ4n) is 2.80. The van der Waals surface area contributed by atoms with Gasteiger partial charge in [0, 0.05) is 0 Å². The average molecular weight is 560 g/mol. The Morgan fingerprint density at radius 2 is 1.03 bits per heavy atom. The SMILES string of the molecule is O=C(CCON1C(=O)CC(S(=O)(=O)O)C1=O)OCCOC(=O)CCON1C(=O)CC(S(=O)(=O)O)C1=O. The minimum atomic E-state index is -4.80. The molecule has 0 bridgehead atoms. The molecule has 0 saturated carbocycles. The summed E-state index contributed by atoms with van der Waals surface area (Å²) in [7, 11) is -9.60. The maximum absolute atomic E-state index is 11.7. The van der Waals surface area contributed by atoms with Gasteiger partial charge in [-0.05, 0) is 0 Å². The zero-order chi connectivity index (χ0) is 27.3. The third kappa shape index (κ3) is 7.73. The van der Waals surface area contributed by atoms with Crippen LogP contribution in [0.1, 0.15) is 25.7 Å². The van der Waals surface area contributed by atoms with Gasteiger partial charge in [0.05, 0.1) is 38.9 Å². The lowest BCUT2D eigenvalue weighted by molar-refractivity contribution is -0.190. The number of carbonyl (C=O) groups is 6. The number of hydroxylamine groups is 4. The average Bonchev–Trinajstić information content (AvgIpc) is 3.21. The molecule has 18 nitrogen and oxygen atoms in total. The summed E-state index contributed by atoms with van der Waals surface area (Å²) >= 11 is 0. The molecule has 2 N–H and O–H groups in total. The number of esters is 2. The molecule has 2 unspecified atom stereocenters. The molecule has 20 heteroatoms. The molecule has 0 aliphatic carbocycles. The van der Waals surface area contributed by atoms with Crippen molar-refractivity contribution in [1.29, 1.82) is 0 Å². The van der Waals surface area contributed by atoms with Gasteiger partial charge in [-0.15, -0.1) is 0 Å². The first kappa shape index (κ1) is 29.2. The van der Waals surface area contributed by atoms with Gasteiger partial charge in [-0.3, -0.25) is 47.5 Å². The molecule has 0 spiro atoms. The number of carbonyl (C=O) groups excluding carboxylic acids is 6. The number of hydrogen-bond acceptors (Lipinski definition) is 14. The van der Waals surface area contributed by atoms with Gasteiger partial charge in [0.25, 0.3) is 43.9 Å². The van der Waals surface area contributed by atoms with E-state index in [-0.39, 0.29) is 10.1 Å². The minimum absolute atomic E-state index is 0.127. The van der Waals surface area contributed by atoms with Crippen molar-refractivity contribution in [2.24, 2.45) is 0 Å². The minimum Gasteiger partial charge on any atom is -0.462 e. The first-order chi connectivity index (χ1) is 16.6. The first-order valence-corrected chi connectivity index (χ1v) is 12.9. The highest BCUT2D eigenvalue weighted by Crippen LogP contribution is 2.20. The molecule has 0 aromatic carbocycles. The topological polar surface area (TPSA) is 255 Å². The number of rotatable bonds is 13. The van der Waals surface area contributed by atoms with Gasteiger partial charge >= 0.3 is 11.9 Å². The molecule has 2 atom stereocenters. The van der Waals surface area contributed by atoms with Gasteiger partial charge in [-0.2, -0.15) is 27.0 Å². The molecule has 0 aromatic rings. The normalized spacial score (nSPS) is 20.8. The molecule has 2 fully saturated rings. The Labute approximate surface area is 202 Å². The van der Waals surface area contributed by atoms with Crippen LogP contribution in [0.5, 0.6) is 0 Å². The summed E-state index contributed by atoms with van der Waals surface area (Å²) in [6, 6.07) is 0. The Bertz CT molecular complexity index is 1060. The van der Waals surface area contributed by atoms with E-state index in [9.17, 15) is 45.6 Å². The third-order valence-electron chi connectivity index (χ3n) is 4.51. The van der Waals surface area contributed by atoms with Crippen molar-refractivity contribution in [1.82, 2.24) is 10.1 Å². The van der Waals surface area contributed by atoms with Crippen molar-refractivity contribution in [2.45, 2.75) is 36.2 Å². The summed E-state index contributed by atoms with van der Waals surface area (Å²) < 4.78 is 71.3. The van der Waals surface area contributed by atoms with E-state index in [1.165, 1.54) is 0 Å². The van der Waals surface area contributed by atoms with Crippen molar-refractivity contribution in [3.05, 3.63) is 0 Å². The standard InChI is InChI=1S/C16H20N2O16S2/c19-11-7-9(35(25,26)27)15(23)17(11)33-3-1-13(21)31-5-6-32-14(22)2-4-34-18-12(20)8-10(16(18)24)36(28,29)30/h9-10H,1-8H2,(H,25,26,27)(H,28,29,30). The zero-order valence-corrected chi connectivity index (χ0v) is 19.8. The Hall–Kier alpha value is -3.04. The van der Waals surface area contributed by atoms with E-state index < -0.39 is 118 Å². The van der Waals surface area contributed by atoms with E-state index in [2.05, 4.69) is 0 Å². The Morgan fingerprint density at radius 3 is 1.31 bits per heavy atom. The summed E-state index contributed by atoms with van der Waals surface area (Å²) in [6.45, 7) is -1.90. The zero-order valence-electron chi connectivity index (χ0n) is 18.1. The molecule has 2 heterocycles. The monoisotopic (exact) mass is 560 g/mol. The second kappa shape index (κ2) is 11.8. The molecule has 36 heavy (non-hydrogen) atoms. The maximum Gasteiger partial charge on any atom is 0.308 e. The van der Waals surface area contributed by atoms with Crippen LogP contribution < -0.4 is 0 Å². The van der Waals surface area contributed by atoms with Crippen molar-refractivity contribution in [3.8, 4) is 0 Å². The largest absolute Gasteiger partial charge is 0.462 e.